The third kappa shape index (κ3) is 7.52. The quantitative estimate of drug-likeness (QED) is 0.377. The molecule has 1 aliphatic rings. The van der Waals surface area contributed by atoms with E-state index < -0.39 is 6.10 Å². The fraction of sp³-hybridized carbons (Fsp3) is 0.448. The maximum Gasteiger partial charge on any atom is 0.128 e. The first kappa shape index (κ1) is 24.6. The summed E-state index contributed by atoms with van der Waals surface area (Å²) < 4.78 is 22.1. The summed E-state index contributed by atoms with van der Waals surface area (Å²) in [6, 6.07) is 21.1. The van der Waals surface area contributed by atoms with Crippen molar-refractivity contribution < 1.29 is 14.2 Å². The van der Waals surface area contributed by atoms with Gasteiger partial charge < -0.3 is 14.4 Å². The predicted molar refractivity (Wildman–Crippen MR) is 134 cm³/mol. The van der Waals surface area contributed by atoms with E-state index in [9.17, 15) is 9.50 Å². The van der Waals surface area contributed by atoms with Crippen LogP contribution < -0.4 is 0 Å². The van der Waals surface area contributed by atoms with Gasteiger partial charge in [-0.3, -0.25) is 4.90 Å². The van der Waals surface area contributed by atoms with Gasteiger partial charge in [0.1, 0.15) is 5.82 Å². The number of ether oxygens (including phenoxy) is 1. The number of benzene rings is 2. The second kappa shape index (κ2) is 12.8. The van der Waals surface area contributed by atoms with Gasteiger partial charge in [0, 0.05) is 37.1 Å². The molecule has 1 heterocycles. The molecule has 182 valence electrons. The summed E-state index contributed by atoms with van der Waals surface area (Å²) in [7, 11) is 0. The Kier molecular flexibility index (Phi) is 9.31. The molecule has 4 nitrogen and oxygen atoms in total. The van der Waals surface area contributed by atoms with Crippen LogP contribution in [0.3, 0.4) is 0 Å². The number of hydrogen-bond donors (Lipinski definition) is 1. The van der Waals surface area contributed by atoms with Crippen molar-refractivity contribution in [1.82, 2.24) is 9.47 Å². The molecule has 0 amide bonds. The highest BCUT2D eigenvalue weighted by Crippen LogP contribution is 2.25. The number of halogens is 1. The molecule has 3 aromatic rings. The Labute approximate surface area is 203 Å². The van der Waals surface area contributed by atoms with Crippen LogP contribution in [0, 0.1) is 11.7 Å². The molecule has 1 aromatic heterocycles. The van der Waals surface area contributed by atoms with Crippen LogP contribution in [0.1, 0.15) is 48.9 Å². The van der Waals surface area contributed by atoms with Crippen LogP contribution in [-0.2, 0) is 24.4 Å². The number of rotatable bonds is 12. The highest BCUT2D eigenvalue weighted by atomic mass is 19.1. The van der Waals surface area contributed by atoms with Gasteiger partial charge in [0.05, 0.1) is 25.9 Å². The monoisotopic (exact) mass is 464 g/mol. The molecule has 2 aromatic carbocycles. The molecule has 5 heteroatoms. The van der Waals surface area contributed by atoms with Gasteiger partial charge >= 0.3 is 0 Å². The lowest BCUT2D eigenvalue weighted by Crippen LogP contribution is -2.38. The van der Waals surface area contributed by atoms with E-state index in [-0.39, 0.29) is 5.82 Å². The molecule has 0 spiro atoms. The van der Waals surface area contributed by atoms with E-state index in [1.165, 1.54) is 38.2 Å². The highest BCUT2D eigenvalue weighted by Gasteiger charge is 2.21. The predicted octanol–water partition coefficient (Wildman–Crippen LogP) is 5.64. The fourth-order valence-electron chi connectivity index (χ4n) is 4.96. The zero-order valence-electron chi connectivity index (χ0n) is 20.0. The molecule has 0 bridgehead atoms. The van der Waals surface area contributed by atoms with Crippen molar-refractivity contribution in [2.45, 2.75) is 57.9 Å². The minimum absolute atomic E-state index is 0.174. The Hall–Kier alpha value is -2.47. The Morgan fingerprint density at radius 3 is 2.53 bits per heavy atom. The first-order chi connectivity index (χ1) is 16.7. The zero-order chi connectivity index (χ0) is 23.6. The lowest BCUT2D eigenvalue weighted by molar-refractivity contribution is 0.00469. The average Bonchev–Trinajstić information content (AvgIpc) is 3.28. The van der Waals surface area contributed by atoms with Crippen molar-refractivity contribution in [3.8, 4) is 0 Å². The van der Waals surface area contributed by atoms with Crippen molar-refractivity contribution in [3.63, 3.8) is 0 Å². The Morgan fingerprint density at radius 1 is 0.971 bits per heavy atom. The summed E-state index contributed by atoms with van der Waals surface area (Å²) in [5.74, 6) is 0.494. The molecule has 1 fully saturated rings. The third-order valence-corrected chi connectivity index (χ3v) is 6.74. The van der Waals surface area contributed by atoms with Gasteiger partial charge in [-0.1, -0.05) is 67.8 Å². The second-order valence-electron chi connectivity index (χ2n) is 9.57. The van der Waals surface area contributed by atoms with Gasteiger partial charge in [0.15, 0.2) is 0 Å². The zero-order valence-corrected chi connectivity index (χ0v) is 20.0. The van der Waals surface area contributed by atoms with E-state index >= 15 is 0 Å². The number of aliphatic hydroxyl groups excluding tert-OH is 1. The van der Waals surface area contributed by atoms with Crippen molar-refractivity contribution in [2.75, 3.05) is 19.7 Å². The molecular weight excluding hydrogens is 427 g/mol. The Balaban J connectivity index is 1.37. The smallest absolute Gasteiger partial charge is 0.128 e. The summed E-state index contributed by atoms with van der Waals surface area (Å²) in [5.41, 5.74) is 2.93. The lowest BCUT2D eigenvalue weighted by Gasteiger charge is -2.31. The summed E-state index contributed by atoms with van der Waals surface area (Å²) in [6.07, 6.45) is 7.90. The van der Waals surface area contributed by atoms with Crippen molar-refractivity contribution in [2.24, 2.45) is 5.92 Å². The molecule has 34 heavy (non-hydrogen) atoms. The summed E-state index contributed by atoms with van der Waals surface area (Å²) in [6.45, 7) is 3.60. The minimum Gasteiger partial charge on any atom is -0.389 e. The summed E-state index contributed by atoms with van der Waals surface area (Å²) >= 11 is 0. The van der Waals surface area contributed by atoms with E-state index in [2.05, 4.69) is 15.5 Å². The first-order valence-corrected chi connectivity index (χ1v) is 12.6. The maximum atomic E-state index is 14.2. The molecule has 1 atom stereocenters. The molecule has 0 aliphatic heterocycles. The van der Waals surface area contributed by atoms with Crippen LogP contribution in [0.4, 0.5) is 4.39 Å². The van der Waals surface area contributed by atoms with Crippen molar-refractivity contribution >= 4 is 0 Å². The molecular formula is C29H37FN2O2. The SMILES string of the molecule is OC(COCc1ccccc1)CN(Cc1cccn1Cc1ccccc1F)CC1CCCCC1. The van der Waals surface area contributed by atoms with E-state index in [0.717, 1.165) is 24.3 Å². The van der Waals surface area contributed by atoms with Crippen LogP contribution in [0.2, 0.25) is 0 Å². The molecule has 1 unspecified atom stereocenters. The number of hydrogen-bond acceptors (Lipinski definition) is 3. The van der Waals surface area contributed by atoms with E-state index in [1.54, 1.807) is 6.07 Å². The normalized spacial score (nSPS) is 15.6. The Morgan fingerprint density at radius 2 is 1.74 bits per heavy atom. The first-order valence-electron chi connectivity index (χ1n) is 12.6. The number of aromatic nitrogens is 1. The number of aliphatic hydroxyl groups is 1. The average molecular weight is 465 g/mol. The van der Waals surface area contributed by atoms with Gasteiger partial charge in [-0.25, -0.2) is 4.39 Å². The Bertz CT molecular complexity index is 985. The van der Waals surface area contributed by atoms with Crippen LogP contribution in [-0.4, -0.2) is 40.4 Å². The summed E-state index contributed by atoms with van der Waals surface area (Å²) in [4.78, 5) is 2.36. The molecule has 1 N–H and O–H groups in total. The van der Waals surface area contributed by atoms with Crippen LogP contribution >= 0.6 is 0 Å². The second-order valence-corrected chi connectivity index (χ2v) is 9.57. The minimum atomic E-state index is -0.553. The molecule has 1 saturated carbocycles. The van der Waals surface area contributed by atoms with Crippen LogP contribution in [0.25, 0.3) is 0 Å². The van der Waals surface area contributed by atoms with Gasteiger partial charge in [-0.15, -0.1) is 0 Å². The van der Waals surface area contributed by atoms with Gasteiger partial charge in [0.25, 0.3) is 0 Å². The molecule has 0 radical (unpaired) electrons. The van der Waals surface area contributed by atoms with Crippen molar-refractivity contribution in [1.29, 1.82) is 0 Å². The molecule has 0 saturated heterocycles. The largest absolute Gasteiger partial charge is 0.389 e. The van der Waals surface area contributed by atoms with Crippen LogP contribution in [0.5, 0.6) is 0 Å². The van der Waals surface area contributed by atoms with Crippen LogP contribution in [0.15, 0.2) is 72.9 Å². The standard InChI is InChI=1S/C29H37FN2O2/c30-29-16-8-7-14-26(29)19-32-17-9-15-27(32)20-31(18-24-10-3-1-4-11-24)21-28(33)23-34-22-25-12-5-2-6-13-25/h2,5-9,12-17,24,28,33H,1,3-4,10-11,18-23H2. The highest BCUT2D eigenvalue weighted by molar-refractivity contribution is 5.19. The summed E-state index contributed by atoms with van der Waals surface area (Å²) in [5, 5.41) is 10.8. The molecule has 1 aliphatic carbocycles. The topological polar surface area (TPSA) is 37.6 Å². The third-order valence-electron chi connectivity index (χ3n) is 6.74. The maximum absolute atomic E-state index is 14.2. The van der Waals surface area contributed by atoms with E-state index in [4.69, 9.17) is 4.74 Å². The molecule has 4 rings (SSSR count). The lowest BCUT2D eigenvalue weighted by atomic mass is 9.89. The van der Waals surface area contributed by atoms with Crippen molar-refractivity contribution in [3.05, 3.63) is 95.6 Å². The van der Waals surface area contributed by atoms with Gasteiger partial charge in [0.2, 0.25) is 0 Å². The van der Waals surface area contributed by atoms with Gasteiger partial charge in [-0.05, 0) is 42.5 Å². The number of nitrogens with zero attached hydrogens (tertiary/aromatic N) is 2. The fourth-order valence-corrected chi connectivity index (χ4v) is 4.96. The van der Waals surface area contributed by atoms with E-state index in [0.29, 0.717) is 37.8 Å². The van der Waals surface area contributed by atoms with E-state index in [1.807, 2.05) is 54.7 Å². The van der Waals surface area contributed by atoms with Gasteiger partial charge in [-0.2, -0.15) is 0 Å².